The van der Waals surface area contributed by atoms with Gasteiger partial charge in [-0.25, -0.2) is 9.18 Å². The Balaban J connectivity index is 2.57. The number of carbonyl (C=O) groups is 1. The topological polar surface area (TPSA) is 41.6 Å². The van der Waals surface area contributed by atoms with Crippen molar-refractivity contribution in [1.82, 2.24) is 10.2 Å². The molecule has 1 heterocycles. The van der Waals surface area contributed by atoms with Crippen LogP contribution in [0.15, 0.2) is 0 Å². The van der Waals surface area contributed by atoms with E-state index in [1.165, 1.54) is 11.8 Å². The lowest BCUT2D eigenvalue weighted by atomic mass is 10.1. The average Bonchev–Trinajstić information content (AvgIpc) is 1.95. The van der Waals surface area contributed by atoms with Gasteiger partial charge in [-0.2, -0.15) is 0 Å². The van der Waals surface area contributed by atoms with Crippen molar-refractivity contribution < 1.29 is 13.9 Å². The summed E-state index contributed by atoms with van der Waals surface area (Å²) < 4.78 is 18.2. The summed E-state index contributed by atoms with van der Waals surface area (Å²) in [6.07, 6.45) is -1.46. The summed E-state index contributed by atoms with van der Waals surface area (Å²) in [5.74, 6) is 0. The van der Waals surface area contributed by atoms with Crippen molar-refractivity contribution in [1.29, 1.82) is 0 Å². The van der Waals surface area contributed by atoms with Crippen LogP contribution in [0, 0.1) is 0 Å². The van der Waals surface area contributed by atoms with Crippen LogP contribution in [-0.4, -0.2) is 48.4 Å². The molecule has 0 radical (unpaired) electrons. The molecule has 1 rings (SSSR count). The predicted octanol–water partition coefficient (Wildman–Crippen LogP) is 1.55. The molecule has 1 saturated heterocycles. The highest BCUT2D eigenvalue weighted by molar-refractivity contribution is 5.68. The number of hydrogen-bond acceptors (Lipinski definition) is 3. The molecule has 16 heavy (non-hydrogen) atoms. The summed E-state index contributed by atoms with van der Waals surface area (Å²) in [7, 11) is 0. The molecule has 1 unspecified atom stereocenters. The minimum absolute atomic E-state index is 0.0630. The molecule has 4 nitrogen and oxygen atoms in total. The van der Waals surface area contributed by atoms with Crippen molar-refractivity contribution in [2.45, 2.75) is 45.5 Å². The quantitative estimate of drug-likeness (QED) is 0.802. The van der Waals surface area contributed by atoms with Gasteiger partial charge in [-0.05, 0) is 27.7 Å². The molecule has 94 valence electrons. The van der Waals surface area contributed by atoms with Gasteiger partial charge in [-0.15, -0.1) is 0 Å². The molecular formula is C11H21FN2O2. The van der Waals surface area contributed by atoms with Crippen molar-refractivity contribution in [2.75, 3.05) is 19.6 Å². The molecule has 0 spiro atoms. The second kappa shape index (κ2) is 4.99. The Morgan fingerprint density at radius 2 is 2.12 bits per heavy atom. The minimum Gasteiger partial charge on any atom is -0.444 e. The number of alkyl halides is 1. The van der Waals surface area contributed by atoms with Crippen LogP contribution in [0.3, 0.4) is 0 Å². The molecule has 0 aromatic carbocycles. The highest BCUT2D eigenvalue weighted by Crippen LogP contribution is 2.14. The Morgan fingerprint density at radius 3 is 2.44 bits per heavy atom. The summed E-state index contributed by atoms with van der Waals surface area (Å²) in [5, 5.41) is 3.06. The molecule has 1 amide bonds. The first-order chi connectivity index (χ1) is 7.29. The monoisotopic (exact) mass is 232 g/mol. The third-order valence-electron chi connectivity index (χ3n) is 2.28. The highest BCUT2D eigenvalue weighted by Gasteiger charge is 2.32. The van der Waals surface area contributed by atoms with Crippen LogP contribution in [0.1, 0.15) is 27.7 Å². The number of nitrogens with one attached hydrogen (secondary N) is 1. The normalized spacial score (nSPS) is 18.8. The number of hydrogen-bond donors (Lipinski definition) is 1. The van der Waals surface area contributed by atoms with E-state index in [9.17, 15) is 9.18 Å². The van der Waals surface area contributed by atoms with Crippen molar-refractivity contribution in [3.63, 3.8) is 0 Å². The van der Waals surface area contributed by atoms with Crippen LogP contribution in [0.25, 0.3) is 0 Å². The number of halogens is 1. The van der Waals surface area contributed by atoms with Crippen LogP contribution in [0.5, 0.6) is 0 Å². The lowest BCUT2D eigenvalue weighted by molar-refractivity contribution is 0.00519. The molecule has 0 aromatic heterocycles. The number of carbonyl (C=O) groups excluding carboxylic acids is 1. The lowest BCUT2D eigenvalue weighted by Crippen LogP contribution is -2.60. The third-order valence-corrected chi connectivity index (χ3v) is 2.28. The zero-order valence-corrected chi connectivity index (χ0v) is 10.4. The Morgan fingerprint density at radius 1 is 1.56 bits per heavy atom. The molecule has 0 aromatic rings. The maximum Gasteiger partial charge on any atom is 0.410 e. The van der Waals surface area contributed by atoms with E-state index in [0.717, 1.165) is 0 Å². The van der Waals surface area contributed by atoms with Gasteiger partial charge in [-0.3, -0.25) is 4.90 Å². The Labute approximate surface area is 96.1 Å². The summed E-state index contributed by atoms with van der Waals surface area (Å²) in [5.41, 5.74) is -0.536. The fraction of sp³-hybridized carbons (Fsp3) is 0.909. The van der Waals surface area contributed by atoms with Crippen LogP contribution in [-0.2, 0) is 4.74 Å². The molecular weight excluding hydrogens is 211 g/mol. The van der Waals surface area contributed by atoms with Crippen LogP contribution >= 0.6 is 0 Å². The summed E-state index contributed by atoms with van der Waals surface area (Å²) in [6.45, 7) is 8.39. The van der Waals surface area contributed by atoms with E-state index in [1.807, 2.05) is 0 Å². The van der Waals surface area contributed by atoms with Crippen LogP contribution in [0.4, 0.5) is 9.18 Å². The molecule has 5 heteroatoms. The number of ether oxygens (including phenoxy) is 1. The Kier molecular flexibility index (Phi) is 4.13. The zero-order chi connectivity index (χ0) is 12.3. The van der Waals surface area contributed by atoms with Crippen molar-refractivity contribution >= 4 is 6.09 Å². The summed E-state index contributed by atoms with van der Waals surface area (Å²) >= 11 is 0. The van der Waals surface area contributed by atoms with E-state index in [0.29, 0.717) is 13.1 Å². The first kappa shape index (κ1) is 13.2. The second-order valence-corrected chi connectivity index (χ2v) is 5.23. The molecule has 1 N–H and O–H groups in total. The van der Waals surface area contributed by atoms with Gasteiger partial charge in [0, 0.05) is 13.1 Å². The summed E-state index contributed by atoms with van der Waals surface area (Å²) in [6, 6.07) is 0.0630. The molecule has 0 saturated carbocycles. The average molecular weight is 232 g/mol. The van der Waals surface area contributed by atoms with Gasteiger partial charge in [0.05, 0.1) is 12.6 Å². The van der Waals surface area contributed by atoms with E-state index in [1.54, 1.807) is 20.8 Å². The SMILES string of the molecule is CC(F)CN(C(=O)OC(C)(C)C)C1CNC1. The van der Waals surface area contributed by atoms with Gasteiger partial charge in [-0.1, -0.05) is 0 Å². The van der Waals surface area contributed by atoms with Crippen molar-refractivity contribution in [3.05, 3.63) is 0 Å². The van der Waals surface area contributed by atoms with Crippen LogP contribution < -0.4 is 5.32 Å². The fourth-order valence-corrected chi connectivity index (χ4v) is 1.46. The summed E-state index contributed by atoms with van der Waals surface area (Å²) in [4.78, 5) is 13.3. The first-order valence-corrected chi connectivity index (χ1v) is 5.64. The number of rotatable bonds is 3. The Hall–Kier alpha value is -0.840. The van der Waals surface area contributed by atoms with Crippen molar-refractivity contribution in [3.8, 4) is 0 Å². The first-order valence-electron chi connectivity index (χ1n) is 5.64. The smallest absolute Gasteiger partial charge is 0.410 e. The van der Waals surface area contributed by atoms with Gasteiger partial charge in [0.25, 0.3) is 0 Å². The van der Waals surface area contributed by atoms with E-state index in [-0.39, 0.29) is 12.6 Å². The van der Waals surface area contributed by atoms with Gasteiger partial charge in [0.1, 0.15) is 11.8 Å². The molecule has 1 fully saturated rings. The lowest BCUT2D eigenvalue weighted by Gasteiger charge is -2.39. The van der Waals surface area contributed by atoms with Gasteiger partial charge in [0.15, 0.2) is 0 Å². The van der Waals surface area contributed by atoms with Gasteiger partial charge >= 0.3 is 6.09 Å². The van der Waals surface area contributed by atoms with Gasteiger partial charge < -0.3 is 10.1 Å². The number of amides is 1. The maximum absolute atomic E-state index is 13.0. The van der Waals surface area contributed by atoms with E-state index >= 15 is 0 Å². The van der Waals surface area contributed by atoms with Crippen LogP contribution in [0.2, 0.25) is 0 Å². The molecule has 0 bridgehead atoms. The second-order valence-electron chi connectivity index (χ2n) is 5.23. The highest BCUT2D eigenvalue weighted by atomic mass is 19.1. The van der Waals surface area contributed by atoms with E-state index < -0.39 is 17.9 Å². The standard InChI is InChI=1S/C11H21FN2O2/c1-8(12)7-14(9-5-13-6-9)10(15)16-11(2,3)4/h8-9,13H,5-7H2,1-4H3. The Bertz CT molecular complexity index is 247. The van der Waals surface area contributed by atoms with Gasteiger partial charge in [0.2, 0.25) is 0 Å². The zero-order valence-electron chi connectivity index (χ0n) is 10.4. The predicted molar refractivity (Wildman–Crippen MR) is 60.2 cm³/mol. The van der Waals surface area contributed by atoms with Crippen molar-refractivity contribution in [2.24, 2.45) is 0 Å². The maximum atomic E-state index is 13.0. The number of nitrogens with zero attached hydrogens (tertiary/aromatic N) is 1. The molecule has 1 aliphatic rings. The molecule has 0 aliphatic carbocycles. The van der Waals surface area contributed by atoms with E-state index in [2.05, 4.69) is 5.32 Å². The third kappa shape index (κ3) is 3.96. The molecule has 1 aliphatic heterocycles. The fourth-order valence-electron chi connectivity index (χ4n) is 1.46. The molecule has 1 atom stereocenters. The largest absolute Gasteiger partial charge is 0.444 e. The van der Waals surface area contributed by atoms with E-state index in [4.69, 9.17) is 4.74 Å². The minimum atomic E-state index is -1.03.